The Morgan fingerprint density at radius 3 is 2.64 bits per heavy atom. The molecule has 1 heterocycles. The van der Waals surface area contributed by atoms with Gasteiger partial charge >= 0.3 is 0 Å². The van der Waals surface area contributed by atoms with E-state index < -0.39 is 0 Å². The van der Waals surface area contributed by atoms with E-state index in [0.29, 0.717) is 11.3 Å². The lowest BCUT2D eigenvalue weighted by molar-refractivity contribution is -0.115. The minimum Gasteiger partial charge on any atom is -0.326 e. The summed E-state index contributed by atoms with van der Waals surface area (Å²) in [4.78, 5) is 12.4. The number of aromatic nitrogens is 2. The van der Waals surface area contributed by atoms with Gasteiger partial charge < -0.3 is 5.32 Å². The minimum atomic E-state index is -0.131. The first-order valence-electron chi connectivity index (χ1n) is 7.99. The summed E-state index contributed by atoms with van der Waals surface area (Å²) < 4.78 is 1.86. The third-order valence-corrected chi connectivity index (χ3v) is 4.05. The zero-order chi connectivity index (χ0) is 17.8. The van der Waals surface area contributed by atoms with Gasteiger partial charge in [-0.05, 0) is 44.2 Å². The molecule has 0 spiro atoms. The smallest absolute Gasteiger partial charge is 0.228 e. The number of rotatable bonds is 4. The molecule has 0 aliphatic rings. The number of aryl methyl sites for hydroxylation is 1. The highest BCUT2D eigenvalue weighted by Gasteiger charge is 2.16. The van der Waals surface area contributed by atoms with Gasteiger partial charge in [-0.1, -0.05) is 24.3 Å². The zero-order valence-corrected chi connectivity index (χ0v) is 14.2. The van der Waals surface area contributed by atoms with Crippen molar-refractivity contribution in [2.45, 2.75) is 20.3 Å². The van der Waals surface area contributed by atoms with Crippen LogP contribution >= 0.6 is 0 Å². The second-order valence-electron chi connectivity index (χ2n) is 5.81. The molecule has 0 unspecified atom stereocenters. The van der Waals surface area contributed by atoms with Gasteiger partial charge in [-0.15, -0.1) is 0 Å². The molecule has 0 saturated carbocycles. The molecule has 124 valence electrons. The monoisotopic (exact) mass is 330 g/mol. The maximum absolute atomic E-state index is 12.4. The molecule has 5 heteroatoms. The average molecular weight is 330 g/mol. The molecule has 5 nitrogen and oxygen atoms in total. The number of para-hydroxylation sites is 1. The molecule has 2 aromatic carbocycles. The van der Waals surface area contributed by atoms with Crippen LogP contribution in [0.3, 0.4) is 0 Å². The van der Waals surface area contributed by atoms with Gasteiger partial charge in [0.05, 0.1) is 29.4 Å². The maximum atomic E-state index is 12.4. The van der Waals surface area contributed by atoms with Crippen molar-refractivity contribution in [1.29, 1.82) is 5.26 Å². The molecule has 0 aliphatic heterocycles. The highest BCUT2D eigenvalue weighted by molar-refractivity contribution is 5.92. The Morgan fingerprint density at radius 1 is 1.16 bits per heavy atom. The molecular formula is C20H18N4O. The van der Waals surface area contributed by atoms with Crippen LogP contribution in [0, 0.1) is 25.2 Å². The van der Waals surface area contributed by atoms with Crippen LogP contribution in [-0.4, -0.2) is 15.7 Å². The SMILES string of the molecule is Cc1nn(-c2ccccc2)c(C)c1CC(=O)Nc1cccc(C#N)c1. The number of carbonyl (C=O) groups excluding carboxylic acids is 1. The van der Waals surface area contributed by atoms with Crippen LogP contribution in [0.1, 0.15) is 22.5 Å². The molecule has 0 bridgehead atoms. The largest absolute Gasteiger partial charge is 0.326 e. The molecule has 1 amide bonds. The van der Waals surface area contributed by atoms with Gasteiger partial charge in [0, 0.05) is 16.9 Å². The fraction of sp³-hybridized carbons (Fsp3) is 0.150. The first kappa shape index (κ1) is 16.5. The molecule has 0 aliphatic carbocycles. The van der Waals surface area contributed by atoms with Crippen molar-refractivity contribution in [1.82, 2.24) is 9.78 Å². The van der Waals surface area contributed by atoms with Gasteiger partial charge in [-0.25, -0.2) is 4.68 Å². The quantitative estimate of drug-likeness (QED) is 0.795. The van der Waals surface area contributed by atoms with Gasteiger partial charge in [0.25, 0.3) is 0 Å². The van der Waals surface area contributed by atoms with E-state index in [-0.39, 0.29) is 12.3 Å². The Labute approximate surface area is 146 Å². The summed E-state index contributed by atoms with van der Waals surface area (Å²) in [5.41, 5.74) is 4.80. The van der Waals surface area contributed by atoms with E-state index in [9.17, 15) is 4.79 Å². The lowest BCUT2D eigenvalue weighted by atomic mass is 10.1. The van der Waals surface area contributed by atoms with Crippen molar-refractivity contribution in [3.05, 3.63) is 77.1 Å². The van der Waals surface area contributed by atoms with Crippen molar-refractivity contribution in [3.63, 3.8) is 0 Å². The van der Waals surface area contributed by atoms with Crippen LogP contribution in [0.2, 0.25) is 0 Å². The van der Waals surface area contributed by atoms with Gasteiger partial charge in [-0.2, -0.15) is 10.4 Å². The highest BCUT2D eigenvalue weighted by atomic mass is 16.1. The Morgan fingerprint density at radius 2 is 1.92 bits per heavy atom. The van der Waals surface area contributed by atoms with E-state index in [1.54, 1.807) is 24.3 Å². The van der Waals surface area contributed by atoms with Crippen molar-refractivity contribution in [2.24, 2.45) is 0 Å². The van der Waals surface area contributed by atoms with Crippen molar-refractivity contribution >= 4 is 11.6 Å². The molecular weight excluding hydrogens is 312 g/mol. The van der Waals surface area contributed by atoms with Gasteiger partial charge in [0.1, 0.15) is 0 Å². The normalized spacial score (nSPS) is 10.3. The van der Waals surface area contributed by atoms with Crippen LogP contribution in [0.15, 0.2) is 54.6 Å². The number of hydrogen-bond donors (Lipinski definition) is 1. The van der Waals surface area contributed by atoms with Crippen molar-refractivity contribution in [3.8, 4) is 11.8 Å². The topological polar surface area (TPSA) is 70.7 Å². The van der Waals surface area contributed by atoms with E-state index >= 15 is 0 Å². The zero-order valence-electron chi connectivity index (χ0n) is 14.2. The van der Waals surface area contributed by atoms with E-state index in [0.717, 1.165) is 22.6 Å². The molecule has 0 saturated heterocycles. The first-order chi connectivity index (χ1) is 12.1. The second-order valence-corrected chi connectivity index (χ2v) is 5.81. The molecule has 1 N–H and O–H groups in total. The van der Waals surface area contributed by atoms with Crippen LogP contribution in [0.25, 0.3) is 5.69 Å². The fourth-order valence-electron chi connectivity index (χ4n) is 2.78. The Kier molecular flexibility index (Phi) is 4.62. The summed E-state index contributed by atoms with van der Waals surface area (Å²) in [7, 11) is 0. The Hall–Kier alpha value is -3.39. The number of anilines is 1. The van der Waals surface area contributed by atoms with Crippen molar-refractivity contribution < 1.29 is 4.79 Å². The number of hydrogen-bond acceptors (Lipinski definition) is 3. The Balaban J connectivity index is 1.80. The van der Waals surface area contributed by atoms with Gasteiger partial charge in [-0.3, -0.25) is 4.79 Å². The molecule has 0 fully saturated rings. The summed E-state index contributed by atoms with van der Waals surface area (Å²) in [6, 6.07) is 18.8. The molecule has 1 aromatic heterocycles. The van der Waals surface area contributed by atoms with Gasteiger partial charge in [0.15, 0.2) is 0 Å². The second kappa shape index (κ2) is 7.02. The summed E-state index contributed by atoms with van der Waals surface area (Å²) >= 11 is 0. The summed E-state index contributed by atoms with van der Waals surface area (Å²) in [5.74, 6) is -0.131. The third kappa shape index (κ3) is 3.59. The number of nitrogens with zero attached hydrogens (tertiary/aromatic N) is 3. The summed E-state index contributed by atoms with van der Waals surface area (Å²) in [6.07, 6.45) is 0.237. The minimum absolute atomic E-state index is 0.131. The average Bonchev–Trinajstić information content (AvgIpc) is 2.91. The van der Waals surface area contributed by atoms with Crippen LogP contribution in [-0.2, 0) is 11.2 Å². The molecule has 0 radical (unpaired) electrons. The molecule has 0 atom stereocenters. The summed E-state index contributed by atoms with van der Waals surface area (Å²) in [5, 5.41) is 16.3. The van der Waals surface area contributed by atoms with E-state index in [2.05, 4.69) is 16.5 Å². The fourth-order valence-corrected chi connectivity index (χ4v) is 2.78. The number of nitrogens with one attached hydrogen (secondary N) is 1. The number of benzene rings is 2. The van der Waals surface area contributed by atoms with Crippen LogP contribution in [0.4, 0.5) is 5.69 Å². The standard InChI is InChI=1S/C20H18N4O/c1-14-19(15(2)24(23-14)18-9-4-3-5-10-18)12-20(25)22-17-8-6-7-16(11-17)13-21/h3-11H,12H2,1-2H3,(H,22,25). The predicted octanol–water partition coefficient (Wildman–Crippen LogP) is 3.54. The van der Waals surface area contributed by atoms with Crippen molar-refractivity contribution in [2.75, 3.05) is 5.32 Å². The highest BCUT2D eigenvalue weighted by Crippen LogP contribution is 2.19. The van der Waals surface area contributed by atoms with E-state index in [4.69, 9.17) is 5.26 Å². The first-order valence-corrected chi connectivity index (χ1v) is 7.99. The lowest BCUT2D eigenvalue weighted by Gasteiger charge is -2.07. The number of carbonyl (C=O) groups is 1. The molecule has 25 heavy (non-hydrogen) atoms. The molecule has 3 aromatic rings. The maximum Gasteiger partial charge on any atom is 0.228 e. The third-order valence-electron chi connectivity index (χ3n) is 4.05. The van der Waals surface area contributed by atoms with E-state index in [1.165, 1.54) is 0 Å². The summed E-state index contributed by atoms with van der Waals surface area (Å²) in [6.45, 7) is 3.87. The van der Waals surface area contributed by atoms with Gasteiger partial charge in [0.2, 0.25) is 5.91 Å². The predicted molar refractivity (Wildman–Crippen MR) is 96.5 cm³/mol. The lowest BCUT2D eigenvalue weighted by Crippen LogP contribution is -2.15. The molecule has 3 rings (SSSR count). The van der Waals surface area contributed by atoms with Crippen LogP contribution < -0.4 is 5.32 Å². The number of amides is 1. The number of nitriles is 1. The van der Waals surface area contributed by atoms with Crippen LogP contribution in [0.5, 0.6) is 0 Å². The Bertz CT molecular complexity index is 952. The van der Waals surface area contributed by atoms with E-state index in [1.807, 2.05) is 48.9 Å².